The van der Waals surface area contributed by atoms with Crippen LogP contribution in [0, 0.1) is 0 Å². The second kappa shape index (κ2) is 8.92. The van der Waals surface area contributed by atoms with E-state index in [-0.39, 0.29) is 5.66 Å². The first-order chi connectivity index (χ1) is 12.3. The Balaban J connectivity index is 2.13. The molecule has 0 heterocycles. The molecule has 0 aromatic heterocycles. The van der Waals surface area contributed by atoms with Crippen molar-refractivity contribution in [3.05, 3.63) is 96.6 Å². The second-order valence-corrected chi connectivity index (χ2v) is 8.25. The van der Waals surface area contributed by atoms with Gasteiger partial charge in [0.25, 0.3) is 0 Å². The lowest BCUT2D eigenvalue weighted by molar-refractivity contribution is 0.0624. The third-order valence-corrected chi connectivity index (χ3v) is 7.10. The first kappa shape index (κ1) is 17.8. The van der Waals surface area contributed by atoms with Gasteiger partial charge in [-0.2, -0.15) is 0 Å². The van der Waals surface area contributed by atoms with Crippen molar-refractivity contribution < 1.29 is 9.84 Å². The van der Waals surface area contributed by atoms with Crippen LogP contribution in [0.3, 0.4) is 0 Å². The zero-order valence-electron chi connectivity index (χ0n) is 14.3. The number of benzene rings is 3. The molecule has 2 unspecified atom stereocenters. The van der Waals surface area contributed by atoms with Crippen LogP contribution in [0.4, 0.5) is 0 Å². The van der Waals surface area contributed by atoms with Gasteiger partial charge in [0.2, 0.25) is 0 Å². The fraction of sp³-hybridized carbons (Fsp3) is 0.182. The fourth-order valence-electron chi connectivity index (χ4n) is 3.10. The molecule has 3 aromatic rings. The van der Waals surface area contributed by atoms with Gasteiger partial charge in [-0.3, -0.25) is 0 Å². The highest BCUT2D eigenvalue weighted by Crippen LogP contribution is 2.51. The van der Waals surface area contributed by atoms with Crippen LogP contribution in [0.5, 0.6) is 0 Å². The molecule has 3 rings (SSSR count). The van der Waals surface area contributed by atoms with Crippen molar-refractivity contribution in [1.29, 1.82) is 0 Å². The highest BCUT2D eigenvalue weighted by Gasteiger charge is 2.31. The van der Waals surface area contributed by atoms with Gasteiger partial charge in [0.1, 0.15) is 0 Å². The number of rotatable bonds is 7. The van der Waals surface area contributed by atoms with Gasteiger partial charge < -0.3 is 9.84 Å². The molecule has 3 aromatic carbocycles. The maximum absolute atomic E-state index is 10.9. The Morgan fingerprint density at radius 3 is 1.64 bits per heavy atom. The first-order valence-electron chi connectivity index (χ1n) is 8.42. The average molecular weight is 350 g/mol. The van der Waals surface area contributed by atoms with Crippen molar-refractivity contribution in [2.24, 2.45) is 0 Å². The molecule has 0 bridgehead atoms. The summed E-state index contributed by atoms with van der Waals surface area (Å²) in [6, 6.07) is 31.3. The summed E-state index contributed by atoms with van der Waals surface area (Å²) in [5.74, 6) is 0. The molecule has 0 amide bonds. The molecule has 0 aliphatic rings. The van der Waals surface area contributed by atoms with Crippen molar-refractivity contribution in [2.45, 2.75) is 11.8 Å². The summed E-state index contributed by atoms with van der Waals surface area (Å²) < 4.78 is 5.29. The van der Waals surface area contributed by atoms with E-state index in [1.165, 1.54) is 10.6 Å². The minimum atomic E-state index is -0.772. The molecule has 0 aliphatic carbocycles. The quantitative estimate of drug-likeness (QED) is 0.656. The van der Waals surface area contributed by atoms with Gasteiger partial charge in [0, 0.05) is 12.8 Å². The smallest absolute Gasteiger partial charge is 0.0887 e. The Morgan fingerprint density at radius 1 is 0.760 bits per heavy atom. The number of aliphatic hydroxyl groups is 1. The van der Waals surface area contributed by atoms with Crippen LogP contribution >= 0.6 is 7.92 Å². The highest BCUT2D eigenvalue weighted by atomic mass is 31.1. The summed E-state index contributed by atoms with van der Waals surface area (Å²) in [6.45, 7) is 0.318. The molecule has 25 heavy (non-hydrogen) atoms. The first-order valence-corrected chi connectivity index (χ1v) is 9.83. The Bertz CT molecular complexity index is 707. The Labute approximate surface area is 150 Å². The van der Waals surface area contributed by atoms with E-state index in [0.29, 0.717) is 6.61 Å². The van der Waals surface area contributed by atoms with E-state index in [1.807, 2.05) is 30.3 Å². The SMILES string of the molecule is COCC(O)C(c1ccccc1)P(c1ccccc1)c1ccccc1. The van der Waals surface area contributed by atoms with Gasteiger partial charge in [-0.1, -0.05) is 91.0 Å². The molecule has 1 N–H and O–H groups in total. The van der Waals surface area contributed by atoms with Crippen molar-refractivity contribution in [1.82, 2.24) is 0 Å². The number of methoxy groups -OCH3 is 1. The van der Waals surface area contributed by atoms with E-state index in [1.54, 1.807) is 7.11 Å². The predicted octanol–water partition coefficient (Wildman–Crippen LogP) is 3.87. The number of hydrogen-bond donors (Lipinski definition) is 1. The van der Waals surface area contributed by atoms with Gasteiger partial charge in [-0.25, -0.2) is 0 Å². The highest BCUT2D eigenvalue weighted by molar-refractivity contribution is 7.73. The summed E-state index contributed by atoms with van der Waals surface area (Å²) in [5, 5.41) is 13.5. The number of hydrogen-bond acceptors (Lipinski definition) is 2. The lowest BCUT2D eigenvalue weighted by atomic mass is 10.1. The number of ether oxygens (including phenoxy) is 1. The van der Waals surface area contributed by atoms with Gasteiger partial charge in [0.15, 0.2) is 0 Å². The minimum Gasteiger partial charge on any atom is -0.390 e. The van der Waals surface area contributed by atoms with Crippen LogP contribution in [-0.2, 0) is 4.74 Å². The summed E-state index contributed by atoms with van der Waals surface area (Å²) in [7, 11) is 0.866. The molecular formula is C22H23O2P. The molecule has 3 heteroatoms. The fourth-order valence-corrected chi connectivity index (χ4v) is 5.93. The minimum absolute atomic E-state index is 0.0269. The summed E-state index contributed by atoms with van der Waals surface area (Å²) in [6.07, 6.45) is -0.570. The molecule has 0 saturated heterocycles. The monoisotopic (exact) mass is 350 g/mol. The normalized spacial score (nSPS) is 13.6. The molecular weight excluding hydrogens is 327 g/mol. The van der Waals surface area contributed by atoms with Crippen molar-refractivity contribution in [3.8, 4) is 0 Å². The van der Waals surface area contributed by atoms with Crippen LogP contribution in [0.2, 0.25) is 0 Å². The number of aliphatic hydroxyl groups excluding tert-OH is 1. The van der Waals surface area contributed by atoms with Crippen LogP contribution in [0.1, 0.15) is 11.2 Å². The van der Waals surface area contributed by atoms with Crippen LogP contribution in [0.15, 0.2) is 91.0 Å². The third kappa shape index (κ3) is 4.35. The van der Waals surface area contributed by atoms with E-state index in [0.717, 1.165) is 5.56 Å². The standard InChI is InChI=1S/C22H23O2P/c1-24-17-21(23)22(18-11-5-2-6-12-18)25(19-13-7-3-8-14-19)20-15-9-4-10-16-20/h2-16,21-23H,17H2,1H3. The molecule has 0 fully saturated rings. The molecule has 0 spiro atoms. The van der Waals surface area contributed by atoms with Gasteiger partial charge >= 0.3 is 0 Å². The van der Waals surface area contributed by atoms with Gasteiger partial charge in [0.05, 0.1) is 12.7 Å². The summed E-state index contributed by atoms with van der Waals surface area (Å²) in [5.41, 5.74) is 1.12. The van der Waals surface area contributed by atoms with E-state index >= 15 is 0 Å². The van der Waals surface area contributed by atoms with Crippen molar-refractivity contribution in [2.75, 3.05) is 13.7 Å². The van der Waals surface area contributed by atoms with Crippen molar-refractivity contribution >= 4 is 18.5 Å². The molecule has 2 atom stereocenters. The molecule has 128 valence electrons. The third-order valence-electron chi connectivity index (χ3n) is 4.19. The maximum atomic E-state index is 10.9. The molecule has 0 radical (unpaired) electrons. The van der Waals surface area contributed by atoms with Crippen molar-refractivity contribution in [3.63, 3.8) is 0 Å². The Kier molecular flexibility index (Phi) is 6.36. The topological polar surface area (TPSA) is 29.5 Å². The van der Waals surface area contributed by atoms with Gasteiger partial charge in [-0.15, -0.1) is 0 Å². The molecule has 2 nitrogen and oxygen atoms in total. The Morgan fingerprint density at radius 2 is 1.20 bits per heavy atom. The van der Waals surface area contributed by atoms with E-state index in [2.05, 4.69) is 60.7 Å². The molecule has 0 saturated carbocycles. The van der Waals surface area contributed by atoms with E-state index in [4.69, 9.17) is 4.74 Å². The summed E-state index contributed by atoms with van der Waals surface area (Å²) >= 11 is 0. The maximum Gasteiger partial charge on any atom is 0.0887 e. The van der Waals surface area contributed by atoms with Gasteiger partial charge in [-0.05, 0) is 24.1 Å². The van der Waals surface area contributed by atoms with Crippen LogP contribution < -0.4 is 10.6 Å². The van der Waals surface area contributed by atoms with Crippen LogP contribution in [0.25, 0.3) is 0 Å². The zero-order chi connectivity index (χ0) is 17.5. The largest absolute Gasteiger partial charge is 0.390 e. The predicted molar refractivity (Wildman–Crippen MR) is 106 cm³/mol. The second-order valence-electron chi connectivity index (χ2n) is 5.92. The summed E-state index contributed by atoms with van der Waals surface area (Å²) in [4.78, 5) is 0. The zero-order valence-corrected chi connectivity index (χ0v) is 15.2. The van der Waals surface area contributed by atoms with Crippen LogP contribution in [-0.4, -0.2) is 24.9 Å². The lowest BCUT2D eigenvalue weighted by Crippen LogP contribution is -2.28. The Hall–Kier alpha value is -1.99. The van der Waals surface area contributed by atoms with E-state index < -0.39 is 14.0 Å². The molecule has 0 aliphatic heterocycles. The lowest BCUT2D eigenvalue weighted by Gasteiger charge is -2.32. The van der Waals surface area contributed by atoms with E-state index in [9.17, 15) is 5.11 Å². The average Bonchev–Trinajstić information content (AvgIpc) is 2.68.